The van der Waals surface area contributed by atoms with Crippen molar-refractivity contribution >= 4 is 8.32 Å². The molecule has 0 aliphatic heterocycles. The number of rotatable bonds is 3. The highest BCUT2D eigenvalue weighted by Gasteiger charge is 2.40. The molecule has 0 spiro atoms. The summed E-state index contributed by atoms with van der Waals surface area (Å²) in [6.45, 7) is 11.1. The molecule has 0 bridgehead atoms. The van der Waals surface area contributed by atoms with E-state index in [-0.39, 0.29) is 5.04 Å². The van der Waals surface area contributed by atoms with Crippen LogP contribution in [0.1, 0.15) is 33.6 Å². The molecule has 1 rings (SSSR count). The average Bonchev–Trinajstić information content (AvgIpc) is 2.62. The molecule has 0 aromatic heterocycles. The maximum Gasteiger partial charge on any atom is 0.238 e. The second-order valence-electron chi connectivity index (χ2n) is 5.14. The highest BCUT2D eigenvalue weighted by Crippen LogP contribution is 2.38. The van der Waals surface area contributed by atoms with E-state index in [0.29, 0.717) is 6.10 Å². The maximum absolute atomic E-state index is 5.56. The predicted molar refractivity (Wildman–Crippen MR) is 52.4 cm³/mol. The van der Waals surface area contributed by atoms with Crippen LogP contribution in [-0.2, 0) is 9.46 Å². The molecule has 3 heteroatoms. The SMILES string of the molecule is CC(C)(C)[Si](C)(C)OOC1CC1. The van der Waals surface area contributed by atoms with Gasteiger partial charge in [0.1, 0.15) is 0 Å². The standard InChI is InChI=1S/C9H20O2Si/c1-9(2,3)12(4,5)11-10-8-6-7-8/h8H,6-7H2,1-5H3. The summed E-state index contributed by atoms with van der Waals surface area (Å²) in [6, 6.07) is 0. The third-order valence-corrected chi connectivity index (χ3v) is 6.85. The third kappa shape index (κ3) is 2.57. The Bertz CT molecular complexity index is 156. The molecule has 0 N–H and O–H groups in total. The predicted octanol–water partition coefficient (Wildman–Crippen LogP) is 3.10. The van der Waals surface area contributed by atoms with E-state index < -0.39 is 8.32 Å². The van der Waals surface area contributed by atoms with Crippen molar-refractivity contribution in [3.05, 3.63) is 0 Å². The van der Waals surface area contributed by atoms with Gasteiger partial charge >= 0.3 is 0 Å². The van der Waals surface area contributed by atoms with E-state index in [1.165, 1.54) is 12.8 Å². The Morgan fingerprint density at radius 1 is 1.17 bits per heavy atom. The van der Waals surface area contributed by atoms with Crippen molar-refractivity contribution in [2.75, 3.05) is 0 Å². The van der Waals surface area contributed by atoms with Crippen LogP contribution in [0.3, 0.4) is 0 Å². The lowest BCUT2D eigenvalue weighted by Gasteiger charge is -2.34. The van der Waals surface area contributed by atoms with Crippen LogP contribution in [0.4, 0.5) is 0 Å². The van der Waals surface area contributed by atoms with Gasteiger partial charge in [-0.2, -0.15) is 0 Å². The summed E-state index contributed by atoms with van der Waals surface area (Å²) in [5.74, 6) is 0. The van der Waals surface area contributed by atoms with Gasteiger partial charge in [0.15, 0.2) is 0 Å². The monoisotopic (exact) mass is 188 g/mol. The van der Waals surface area contributed by atoms with E-state index in [9.17, 15) is 0 Å². The molecule has 1 fully saturated rings. The summed E-state index contributed by atoms with van der Waals surface area (Å²) < 4.78 is 5.56. The summed E-state index contributed by atoms with van der Waals surface area (Å²) in [6.07, 6.45) is 2.75. The summed E-state index contributed by atoms with van der Waals surface area (Å²) in [7, 11) is -1.65. The minimum atomic E-state index is -1.65. The lowest BCUT2D eigenvalue weighted by molar-refractivity contribution is -0.231. The minimum Gasteiger partial charge on any atom is -0.286 e. The van der Waals surface area contributed by atoms with Crippen molar-refractivity contribution in [2.24, 2.45) is 0 Å². The summed E-state index contributed by atoms with van der Waals surface area (Å²) in [4.78, 5) is 5.31. The molecular formula is C9H20O2Si. The quantitative estimate of drug-likeness (QED) is 0.385. The molecule has 0 amide bonds. The highest BCUT2D eigenvalue weighted by molar-refractivity contribution is 6.73. The fourth-order valence-electron chi connectivity index (χ4n) is 0.478. The fraction of sp³-hybridized carbons (Fsp3) is 1.00. The largest absolute Gasteiger partial charge is 0.286 e. The van der Waals surface area contributed by atoms with Gasteiger partial charge in [0, 0.05) is 0 Å². The fourth-order valence-corrected chi connectivity index (χ4v) is 1.10. The molecule has 1 aliphatic carbocycles. The number of hydrogen-bond acceptors (Lipinski definition) is 2. The van der Waals surface area contributed by atoms with Gasteiger partial charge in [-0.3, -0.25) is 4.58 Å². The zero-order chi connectivity index (χ0) is 9.41. The lowest BCUT2D eigenvalue weighted by atomic mass is 10.2. The first-order valence-corrected chi connectivity index (χ1v) is 7.58. The first-order chi connectivity index (χ1) is 5.33. The van der Waals surface area contributed by atoms with Gasteiger partial charge < -0.3 is 0 Å². The van der Waals surface area contributed by atoms with E-state index in [1.807, 2.05) is 0 Å². The van der Waals surface area contributed by atoms with Crippen LogP contribution in [0, 0.1) is 0 Å². The molecular weight excluding hydrogens is 168 g/mol. The van der Waals surface area contributed by atoms with Gasteiger partial charge in [0.2, 0.25) is 8.32 Å². The smallest absolute Gasteiger partial charge is 0.238 e. The van der Waals surface area contributed by atoms with Crippen molar-refractivity contribution in [3.8, 4) is 0 Å². The van der Waals surface area contributed by atoms with Gasteiger partial charge in [-0.25, -0.2) is 4.89 Å². The van der Waals surface area contributed by atoms with Crippen LogP contribution in [0.15, 0.2) is 0 Å². The van der Waals surface area contributed by atoms with Crippen molar-refractivity contribution in [1.29, 1.82) is 0 Å². The van der Waals surface area contributed by atoms with Crippen molar-refractivity contribution in [3.63, 3.8) is 0 Å². The number of hydrogen-bond donors (Lipinski definition) is 0. The van der Waals surface area contributed by atoms with Crippen LogP contribution < -0.4 is 0 Å². The highest BCUT2D eigenvalue weighted by atomic mass is 28.4. The second-order valence-corrected chi connectivity index (χ2v) is 9.83. The topological polar surface area (TPSA) is 18.5 Å². The molecule has 1 aliphatic rings. The van der Waals surface area contributed by atoms with Gasteiger partial charge in [0.05, 0.1) is 6.10 Å². The second kappa shape index (κ2) is 3.12. The lowest BCUT2D eigenvalue weighted by Crippen LogP contribution is -2.40. The summed E-state index contributed by atoms with van der Waals surface area (Å²) >= 11 is 0. The van der Waals surface area contributed by atoms with Gasteiger partial charge in [-0.1, -0.05) is 20.8 Å². The molecule has 0 aromatic rings. The van der Waals surface area contributed by atoms with Crippen LogP contribution in [0.25, 0.3) is 0 Å². The Hall–Kier alpha value is 0.137. The maximum atomic E-state index is 5.56. The first kappa shape index (κ1) is 10.2. The Morgan fingerprint density at radius 3 is 2.00 bits per heavy atom. The molecule has 0 heterocycles. The van der Waals surface area contributed by atoms with Crippen molar-refractivity contribution < 1.29 is 9.46 Å². The van der Waals surface area contributed by atoms with Crippen LogP contribution in [0.2, 0.25) is 18.1 Å². The molecule has 0 radical (unpaired) electrons. The van der Waals surface area contributed by atoms with E-state index in [2.05, 4.69) is 33.9 Å². The summed E-state index contributed by atoms with van der Waals surface area (Å²) in [5, 5.41) is 0.252. The van der Waals surface area contributed by atoms with E-state index in [0.717, 1.165) is 0 Å². The average molecular weight is 188 g/mol. The molecule has 0 unspecified atom stereocenters. The normalized spacial score (nSPS) is 19.8. The Balaban J connectivity index is 2.35. The van der Waals surface area contributed by atoms with Gasteiger partial charge in [-0.05, 0) is 31.0 Å². The van der Waals surface area contributed by atoms with Gasteiger partial charge in [0.25, 0.3) is 0 Å². The van der Waals surface area contributed by atoms with E-state index >= 15 is 0 Å². The van der Waals surface area contributed by atoms with E-state index in [1.54, 1.807) is 0 Å². The Kier molecular flexibility index (Phi) is 2.66. The van der Waals surface area contributed by atoms with Gasteiger partial charge in [-0.15, -0.1) is 0 Å². The van der Waals surface area contributed by atoms with Crippen LogP contribution in [-0.4, -0.2) is 14.4 Å². The first-order valence-electron chi connectivity index (χ1n) is 4.67. The summed E-state index contributed by atoms with van der Waals surface area (Å²) in [5.41, 5.74) is 0. The van der Waals surface area contributed by atoms with Crippen LogP contribution >= 0.6 is 0 Å². The molecule has 2 nitrogen and oxygen atoms in total. The van der Waals surface area contributed by atoms with Crippen molar-refractivity contribution in [2.45, 2.75) is 57.8 Å². The minimum absolute atomic E-state index is 0.252. The van der Waals surface area contributed by atoms with Crippen molar-refractivity contribution in [1.82, 2.24) is 0 Å². The molecule has 0 aromatic carbocycles. The molecule has 1 saturated carbocycles. The molecule has 0 saturated heterocycles. The third-order valence-electron chi connectivity index (χ3n) is 2.72. The Morgan fingerprint density at radius 2 is 1.67 bits per heavy atom. The molecule has 72 valence electrons. The van der Waals surface area contributed by atoms with E-state index in [4.69, 9.17) is 9.46 Å². The molecule has 0 atom stereocenters. The zero-order valence-corrected chi connectivity index (χ0v) is 9.81. The molecule has 12 heavy (non-hydrogen) atoms. The zero-order valence-electron chi connectivity index (χ0n) is 8.81. The van der Waals surface area contributed by atoms with Crippen LogP contribution in [0.5, 0.6) is 0 Å². The Labute approximate surface area is 76.3 Å².